The van der Waals surface area contributed by atoms with E-state index < -0.39 is 0 Å². The van der Waals surface area contributed by atoms with Gasteiger partial charge in [-0.25, -0.2) is 0 Å². The summed E-state index contributed by atoms with van der Waals surface area (Å²) in [6.07, 6.45) is 0. The van der Waals surface area contributed by atoms with Crippen LogP contribution in [0.2, 0.25) is 0 Å². The van der Waals surface area contributed by atoms with Gasteiger partial charge in [-0.2, -0.15) is 0 Å². The molecule has 0 bridgehead atoms. The Kier molecular flexibility index (Phi) is 5.91. The van der Waals surface area contributed by atoms with E-state index in [-0.39, 0.29) is 0 Å². The van der Waals surface area contributed by atoms with E-state index in [0.29, 0.717) is 0 Å². The molecule has 0 fully saturated rings. The predicted molar refractivity (Wildman–Crippen MR) is 203 cm³/mol. The number of para-hydroxylation sites is 3. The minimum Gasteiger partial charge on any atom is -0.307 e. The van der Waals surface area contributed by atoms with Crippen molar-refractivity contribution >= 4 is 54.4 Å². The van der Waals surface area contributed by atoms with Crippen LogP contribution in [0.15, 0.2) is 182 Å². The highest BCUT2D eigenvalue weighted by Gasteiger charge is 2.22. The number of benzene rings is 8. The van der Waals surface area contributed by atoms with Gasteiger partial charge in [0, 0.05) is 32.8 Å². The van der Waals surface area contributed by atoms with E-state index in [1.807, 2.05) is 0 Å². The van der Waals surface area contributed by atoms with Crippen LogP contribution in [0.1, 0.15) is 0 Å². The molecule has 8 aromatic carbocycles. The Morgan fingerprint density at radius 2 is 0.875 bits per heavy atom. The van der Waals surface area contributed by atoms with Crippen molar-refractivity contribution in [3.05, 3.63) is 182 Å². The molecule has 0 atom stereocenters. The molecular weight excluding hydrogens is 581 g/mol. The monoisotopic (exact) mass is 610 g/mol. The van der Waals surface area contributed by atoms with Gasteiger partial charge in [0.25, 0.3) is 0 Å². The molecular formula is C46H30N2. The van der Waals surface area contributed by atoms with E-state index in [0.717, 1.165) is 5.69 Å². The van der Waals surface area contributed by atoms with Crippen LogP contribution < -0.4 is 0 Å². The van der Waals surface area contributed by atoms with Gasteiger partial charge in [0.05, 0.1) is 27.8 Å². The Morgan fingerprint density at radius 1 is 0.312 bits per heavy atom. The highest BCUT2D eigenvalue weighted by atomic mass is 15.0. The van der Waals surface area contributed by atoms with E-state index in [1.54, 1.807) is 0 Å². The highest BCUT2D eigenvalue weighted by Crippen LogP contribution is 2.43. The van der Waals surface area contributed by atoms with Crippen molar-refractivity contribution in [1.29, 1.82) is 0 Å². The normalized spacial score (nSPS) is 11.8. The maximum atomic E-state index is 2.49. The molecule has 0 aliphatic carbocycles. The quantitative estimate of drug-likeness (QED) is 0.188. The highest BCUT2D eigenvalue weighted by molar-refractivity contribution is 6.24. The summed E-state index contributed by atoms with van der Waals surface area (Å²) in [6, 6.07) is 66.2. The Balaban J connectivity index is 1.28. The Morgan fingerprint density at radius 3 is 1.62 bits per heavy atom. The van der Waals surface area contributed by atoms with E-state index >= 15 is 0 Å². The lowest BCUT2D eigenvalue weighted by molar-refractivity contribution is 1.15. The average Bonchev–Trinajstić information content (AvgIpc) is 3.68. The maximum Gasteiger partial charge on any atom is 0.0789 e. The van der Waals surface area contributed by atoms with Gasteiger partial charge < -0.3 is 9.13 Å². The van der Waals surface area contributed by atoms with E-state index in [4.69, 9.17) is 0 Å². The number of hydrogen-bond donors (Lipinski definition) is 0. The van der Waals surface area contributed by atoms with Gasteiger partial charge in [0.1, 0.15) is 0 Å². The molecule has 2 heterocycles. The minimum atomic E-state index is 1.14. The van der Waals surface area contributed by atoms with Gasteiger partial charge in [-0.05, 0) is 63.9 Å². The summed E-state index contributed by atoms with van der Waals surface area (Å²) in [7, 11) is 0. The lowest BCUT2D eigenvalue weighted by Gasteiger charge is -2.16. The first kappa shape index (κ1) is 26.8. The molecule has 0 aliphatic heterocycles. The van der Waals surface area contributed by atoms with Gasteiger partial charge in [-0.3, -0.25) is 0 Å². The van der Waals surface area contributed by atoms with E-state index in [9.17, 15) is 0 Å². The zero-order valence-electron chi connectivity index (χ0n) is 26.2. The van der Waals surface area contributed by atoms with Crippen molar-refractivity contribution in [2.75, 3.05) is 0 Å². The molecule has 2 aromatic heterocycles. The van der Waals surface area contributed by atoms with E-state index in [2.05, 4.69) is 191 Å². The third-order valence-corrected chi connectivity index (χ3v) is 9.91. The fraction of sp³-hybridized carbons (Fsp3) is 0. The fourth-order valence-electron chi connectivity index (χ4n) is 7.72. The fourth-order valence-corrected chi connectivity index (χ4v) is 7.72. The average molecular weight is 611 g/mol. The molecule has 0 spiro atoms. The summed E-state index contributed by atoms with van der Waals surface area (Å²) in [5.74, 6) is 0. The topological polar surface area (TPSA) is 9.86 Å². The van der Waals surface area contributed by atoms with Gasteiger partial charge in [-0.15, -0.1) is 0 Å². The number of hydrogen-bond acceptors (Lipinski definition) is 0. The standard InChI is InChI=1S/C46H30N2/c1-2-13-33(14-3-1)37-16-6-9-19-42(37)48-44-21-11-8-18-39(44)41-29-28-40-38-17-7-10-20-43(38)47(45(40)46(41)48)36-26-24-32(25-27-36)35-23-22-31-12-4-5-15-34(31)30-35/h1-30H. The Bertz CT molecular complexity index is 2820. The summed E-state index contributed by atoms with van der Waals surface area (Å²) in [5.41, 5.74) is 12.0. The molecule has 224 valence electrons. The number of nitrogens with zero attached hydrogens (tertiary/aromatic N) is 2. The molecule has 10 rings (SSSR count). The smallest absolute Gasteiger partial charge is 0.0789 e. The summed E-state index contributed by atoms with van der Waals surface area (Å²) in [4.78, 5) is 0. The third kappa shape index (κ3) is 4.00. The van der Waals surface area contributed by atoms with Crippen molar-refractivity contribution in [2.45, 2.75) is 0 Å². The van der Waals surface area contributed by atoms with Crippen molar-refractivity contribution < 1.29 is 0 Å². The van der Waals surface area contributed by atoms with Crippen molar-refractivity contribution in [3.8, 4) is 33.6 Å². The zero-order chi connectivity index (χ0) is 31.6. The Hall–Kier alpha value is -6.38. The van der Waals surface area contributed by atoms with Crippen LogP contribution in [0.5, 0.6) is 0 Å². The summed E-state index contributed by atoms with van der Waals surface area (Å²) >= 11 is 0. The maximum absolute atomic E-state index is 2.49. The van der Waals surface area contributed by atoms with Crippen LogP contribution in [-0.2, 0) is 0 Å². The minimum absolute atomic E-state index is 1.14. The molecule has 0 radical (unpaired) electrons. The molecule has 10 aromatic rings. The third-order valence-electron chi connectivity index (χ3n) is 9.91. The summed E-state index contributed by atoms with van der Waals surface area (Å²) < 4.78 is 4.96. The molecule has 0 saturated heterocycles. The van der Waals surface area contributed by atoms with Crippen molar-refractivity contribution in [2.24, 2.45) is 0 Å². The van der Waals surface area contributed by atoms with Crippen LogP contribution in [0, 0.1) is 0 Å². The second kappa shape index (κ2) is 10.6. The summed E-state index contributed by atoms with van der Waals surface area (Å²) in [5, 5.41) is 7.52. The zero-order valence-corrected chi connectivity index (χ0v) is 26.2. The molecule has 0 N–H and O–H groups in total. The molecule has 0 amide bonds. The van der Waals surface area contributed by atoms with Crippen LogP contribution >= 0.6 is 0 Å². The Labute approximate surface area is 278 Å². The van der Waals surface area contributed by atoms with Crippen LogP contribution in [0.4, 0.5) is 0 Å². The SMILES string of the molecule is c1ccc(-c2ccccc2-n2c3ccccc3c3ccc4c5ccccc5n(-c5ccc(-c6ccc7ccccc7c6)cc5)c4c32)cc1. The van der Waals surface area contributed by atoms with Crippen molar-refractivity contribution in [3.63, 3.8) is 0 Å². The first-order valence-corrected chi connectivity index (χ1v) is 16.5. The van der Waals surface area contributed by atoms with Crippen molar-refractivity contribution in [1.82, 2.24) is 9.13 Å². The van der Waals surface area contributed by atoms with Gasteiger partial charge in [0.2, 0.25) is 0 Å². The summed E-state index contributed by atoms with van der Waals surface area (Å²) in [6.45, 7) is 0. The largest absolute Gasteiger partial charge is 0.307 e. The van der Waals surface area contributed by atoms with Crippen LogP contribution in [0.3, 0.4) is 0 Å². The second-order valence-corrected chi connectivity index (χ2v) is 12.6. The molecule has 2 heteroatoms. The predicted octanol–water partition coefficient (Wildman–Crippen LogP) is 12.4. The first-order valence-electron chi connectivity index (χ1n) is 16.5. The van der Waals surface area contributed by atoms with Gasteiger partial charge in [0.15, 0.2) is 0 Å². The lowest BCUT2D eigenvalue weighted by atomic mass is 10.0. The molecule has 0 aliphatic rings. The van der Waals surface area contributed by atoms with Crippen LogP contribution in [-0.4, -0.2) is 9.13 Å². The first-order chi connectivity index (χ1) is 23.8. The molecule has 2 nitrogen and oxygen atoms in total. The lowest BCUT2D eigenvalue weighted by Crippen LogP contribution is -2.00. The molecule has 0 saturated carbocycles. The van der Waals surface area contributed by atoms with Crippen LogP contribution in [0.25, 0.3) is 88.0 Å². The number of aromatic nitrogens is 2. The molecule has 0 unspecified atom stereocenters. The van der Waals surface area contributed by atoms with E-state index in [1.165, 1.54) is 82.3 Å². The van der Waals surface area contributed by atoms with Gasteiger partial charge in [-0.1, -0.05) is 146 Å². The second-order valence-electron chi connectivity index (χ2n) is 12.6. The number of rotatable bonds is 4. The number of fused-ring (bicyclic) bond motifs is 8. The molecule has 48 heavy (non-hydrogen) atoms. The van der Waals surface area contributed by atoms with Gasteiger partial charge >= 0.3 is 0 Å².